The van der Waals surface area contributed by atoms with Gasteiger partial charge in [0.1, 0.15) is 0 Å². The zero-order valence-electron chi connectivity index (χ0n) is 34.6. The minimum atomic E-state index is -1.04. The first kappa shape index (κ1) is 51.5. The summed E-state index contributed by atoms with van der Waals surface area (Å²) in [6.07, 6.45) is 20.3. The van der Waals surface area contributed by atoms with E-state index in [-0.39, 0.29) is 8.80 Å². The van der Waals surface area contributed by atoms with Crippen LogP contribution in [0.15, 0.2) is 22.5 Å². The van der Waals surface area contributed by atoms with Gasteiger partial charge < -0.3 is 0 Å². The Morgan fingerprint density at radius 1 is 0.422 bits per heavy atom. The predicted molar refractivity (Wildman–Crippen MR) is 226 cm³/mol. The minimum Gasteiger partial charge on any atom is -0.103 e. The largest absolute Gasteiger partial charge is 0.103 e. The van der Waals surface area contributed by atoms with E-state index in [2.05, 4.69) is 128 Å². The average Bonchev–Trinajstić information content (AvgIpc) is 3.08. The fraction of sp³-hybridized carbons (Fsp3) is 0.857. The van der Waals surface area contributed by atoms with E-state index in [9.17, 15) is 0 Å². The molecule has 0 aliphatic heterocycles. The molecule has 0 amide bonds. The molecule has 0 radical (unpaired) electrons. The van der Waals surface area contributed by atoms with Gasteiger partial charge in [0.15, 0.2) is 0 Å². The van der Waals surface area contributed by atoms with Crippen molar-refractivity contribution in [1.82, 2.24) is 0 Å². The number of hydrogen-bond donors (Lipinski definition) is 0. The second-order valence-electron chi connectivity index (χ2n) is 13.2. The molecule has 0 nitrogen and oxygen atoms in total. The summed E-state index contributed by atoms with van der Waals surface area (Å²) in [5.41, 5.74) is 0. The van der Waals surface area contributed by atoms with Gasteiger partial charge in [-0.1, -0.05) is 206 Å². The van der Waals surface area contributed by atoms with E-state index in [1.807, 2.05) is 10.4 Å². The molecule has 0 spiro atoms. The molecular formula is C42H90Si3. The molecule has 0 bridgehead atoms. The van der Waals surface area contributed by atoms with Gasteiger partial charge in [0.2, 0.25) is 0 Å². The Kier molecular flexibility index (Phi) is 43.7. The van der Waals surface area contributed by atoms with Crippen LogP contribution in [-0.4, -0.2) is 24.9 Å². The minimum absolute atomic E-state index is 0.171. The maximum absolute atomic E-state index is 3.09. The molecule has 0 unspecified atom stereocenters. The Morgan fingerprint density at radius 2 is 0.711 bits per heavy atom. The molecule has 270 valence electrons. The van der Waals surface area contributed by atoms with Crippen molar-refractivity contribution in [2.24, 2.45) is 0 Å². The first-order valence-electron chi connectivity index (χ1n) is 20.5. The normalized spacial score (nSPS) is 11.8. The van der Waals surface area contributed by atoms with Crippen molar-refractivity contribution >= 4 is 24.9 Å². The van der Waals surface area contributed by atoms with Crippen molar-refractivity contribution in [2.45, 2.75) is 235 Å². The van der Waals surface area contributed by atoms with Gasteiger partial charge in [-0.2, -0.15) is 0 Å². The lowest BCUT2D eigenvalue weighted by Gasteiger charge is -2.31. The van der Waals surface area contributed by atoms with Crippen LogP contribution in [0.5, 0.6) is 0 Å². The molecule has 0 atom stereocenters. The summed E-state index contributed by atoms with van der Waals surface area (Å²) in [6, 6.07) is 13.1. The average molecular weight is 679 g/mol. The van der Waals surface area contributed by atoms with Crippen molar-refractivity contribution in [2.75, 3.05) is 0 Å². The van der Waals surface area contributed by atoms with E-state index >= 15 is 0 Å². The molecular weight excluding hydrogens is 589 g/mol. The second-order valence-corrected chi connectivity index (χ2v) is 28.0. The molecule has 45 heavy (non-hydrogen) atoms. The fourth-order valence-electron chi connectivity index (χ4n) is 6.50. The smallest absolute Gasteiger partial charge is 0.0803 e. The topological polar surface area (TPSA) is 0 Å². The van der Waals surface area contributed by atoms with Gasteiger partial charge in [0, 0.05) is 21.6 Å². The molecule has 0 saturated carbocycles. The zero-order valence-corrected chi connectivity index (χ0v) is 37.7. The predicted octanol–water partition coefficient (Wildman–Crippen LogP) is 16.0. The van der Waals surface area contributed by atoms with Crippen LogP contribution >= 0.6 is 0 Å². The summed E-state index contributed by atoms with van der Waals surface area (Å²) < 4.78 is 0. The van der Waals surface area contributed by atoms with Gasteiger partial charge in [-0.25, -0.2) is 0 Å². The summed E-state index contributed by atoms with van der Waals surface area (Å²) in [5, 5.41) is 3.75. The van der Waals surface area contributed by atoms with E-state index in [4.69, 9.17) is 0 Å². The highest BCUT2D eigenvalue weighted by Gasteiger charge is 2.31. The third-order valence-corrected chi connectivity index (χ3v) is 25.6. The molecule has 0 fully saturated rings. The van der Waals surface area contributed by atoms with Crippen LogP contribution in [0.1, 0.15) is 181 Å². The molecule has 0 rings (SSSR count). The van der Waals surface area contributed by atoms with Crippen LogP contribution in [0.3, 0.4) is 0 Å². The van der Waals surface area contributed by atoms with Crippen LogP contribution in [0, 0.1) is 11.8 Å². The van der Waals surface area contributed by atoms with Gasteiger partial charge in [-0.05, 0) is 38.5 Å². The maximum Gasteiger partial charge on any atom is 0.0803 e. The van der Waals surface area contributed by atoms with Crippen LogP contribution in [0.2, 0.25) is 54.4 Å². The second kappa shape index (κ2) is 38.1. The Hall–Kier alpha value is -0.309. The third kappa shape index (κ3) is 25.4. The summed E-state index contributed by atoms with van der Waals surface area (Å²) in [7, 11) is -2.26. The lowest BCUT2D eigenvalue weighted by atomic mass is 10.2. The molecule has 0 aromatic heterocycles. The highest BCUT2D eigenvalue weighted by molar-refractivity contribution is 6.86. The Balaban J connectivity index is -0.000000262. The highest BCUT2D eigenvalue weighted by atomic mass is 28.3. The van der Waals surface area contributed by atoms with Crippen LogP contribution in [0.4, 0.5) is 0 Å². The molecule has 0 heterocycles. The standard InChI is InChI=1S/2C14H30Si.C8H14.C6H16Si/c2*1-6-11-13-14(12-7-2)15(8-3,9-4)10-5;1-3-5-7-8-6-4-2;1-4-7(5-2)6-3/h2*13H,6-12H2,1-5H3;3-6H2,1-2H3;7H,4-6H2,1-3H3/b14-13+;14-13-;;. The summed E-state index contributed by atoms with van der Waals surface area (Å²) >= 11 is 0. The van der Waals surface area contributed by atoms with Gasteiger partial charge in [0.25, 0.3) is 0 Å². The molecule has 0 saturated heterocycles. The lowest BCUT2D eigenvalue weighted by molar-refractivity contribution is 0.893. The van der Waals surface area contributed by atoms with Gasteiger partial charge in [-0.15, -0.1) is 11.8 Å². The third-order valence-electron chi connectivity index (χ3n) is 10.4. The molecule has 3 heteroatoms. The van der Waals surface area contributed by atoms with Crippen LogP contribution < -0.4 is 0 Å². The van der Waals surface area contributed by atoms with Crippen molar-refractivity contribution in [3.05, 3.63) is 22.5 Å². The van der Waals surface area contributed by atoms with Crippen molar-refractivity contribution in [1.29, 1.82) is 0 Å². The SMILES string of the molecule is CCC/C=C(/CCC)[Si](CC)(CC)CC.CCC/C=C(\CCC)[Si](CC)(CC)CC.CCCC#CCCC.CC[SiH](CC)CC. The quantitative estimate of drug-likeness (QED) is 0.0837. The molecule has 0 aromatic carbocycles. The van der Waals surface area contributed by atoms with E-state index in [1.54, 1.807) is 0 Å². The van der Waals surface area contributed by atoms with E-state index < -0.39 is 16.1 Å². The van der Waals surface area contributed by atoms with Crippen molar-refractivity contribution in [3.63, 3.8) is 0 Å². The van der Waals surface area contributed by atoms with E-state index in [0.717, 1.165) is 12.8 Å². The Bertz CT molecular complexity index is 623. The van der Waals surface area contributed by atoms with E-state index in [1.165, 1.54) is 119 Å². The van der Waals surface area contributed by atoms with Crippen LogP contribution in [0.25, 0.3) is 0 Å². The molecule has 0 N–H and O–H groups in total. The van der Waals surface area contributed by atoms with Crippen molar-refractivity contribution < 1.29 is 0 Å². The summed E-state index contributed by atoms with van der Waals surface area (Å²) in [5.74, 6) is 6.17. The van der Waals surface area contributed by atoms with Gasteiger partial charge >= 0.3 is 0 Å². The number of rotatable bonds is 21. The number of hydrogen-bond acceptors (Lipinski definition) is 0. The van der Waals surface area contributed by atoms with Gasteiger partial charge in [-0.3, -0.25) is 0 Å². The summed E-state index contributed by atoms with van der Waals surface area (Å²) in [6.45, 7) is 35.0. The lowest BCUT2D eigenvalue weighted by Crippen LogP contribution is -2.34. The monoisotopic (exact) mass is 679 g/mol. The molecule has 0 aliphatic carbocycles. The Labute approximate surface area is 293 Å². The number of allylic oxidation sites excluding steroid dienone is 4. The first-order valence-corrected chi connectivity index (χ1v) is 28.2. The van der Waals surface area contributed by atoms with Gasteiger partial charge in [0.05, 0.1) is 16.1 Å². The highest BCUT2D eigenvalue weighted by Crippen LogP contribution is 2.33. The van der Waals surface area contributed by atoms with E-state index in [0.29, 0.717) is 0 Å². The summed E-state index contributed by atoms with van der Waals surface area (Å²) in [4.78, 5) is 0. The fourth-order valence-corrected chi connectivity index (χ4v) is 16.7. The Morgan fingerprint density at radius 3 is 0.867 bits per heavy atom. The van der Waals surface area contributed by atoms with Crippen molar-refractivity contribution in [3.8, 4) is 11.8 Å². The molecule has 0 aromatic rings. The van der Waals surface area contributed by atoms with Crippen LogP contribution in [-0.2, 0) is 0 Å². The zero-order chi connectivity index (χ0) is 35.4. The first-order chi connectivity index (χ1) is 21.7. The molecule has 0 aliphatic rings. The maximum atomic E-state index is 3.09. The number of unbranched alkanes of at least 4 members (excludes halogenated alkanes) is 4.